The number of nitro groups is 1. The molecule has 0 amide bonds. The van der Waals surface area contributed by atoms with Gasteiger partial charge in [0.2, 0.25) is 0 Å². The lowest BCUT2D eigenvalue weighted by molar-refractivity contribution is -0.384. The molecule has 3 aromatic rings. The first kappa shape index (κ1) is 13.8. The van der Waals surface area contributed by atoms with Crippen molar-refractivity contribution in [3.05, 3.63) is 62.5 Å². The van der Waals surface area contributed by atoms with Crippen LogP contribution in [-0.2, 0) is 6.54 Å². The normalized spacial score (nSPS) is 11.0. The third-order valence-electron chi connectivity index (χ3n) is 3.05. The predicted molar refractivity (Wildman–Crippen MR) is 79.7 cm³/mol. The summed E-state index contributed by atoms with van der Waals surface area (Å²) in [4.78, 5) is 14.4. The van der Waals surface area contributed by atoms with Crippen LogP contribution in [0.4, 0.5) is 5.69 Å². The predicted octanol–water partition coefficient (Wildman–Crippen LogP) is 3.69. The van der Waals surface area contributed by atoms with Crippen LogP contribution in [0.5, 0.6) is 0 Å². The maximum Gasteiger partial charge on any atom is 0.271 e. The summed E-state index contributed by atoms with van der Waals surface area (Å²) in [5.41, 5.74) is 1.41. The smallest absolute Gasteiger partial charge is 0.260 e. The minimum atomic E-state index is -0.437. The second-order valence-corrected chi connectivity index (χ2v) is 5.13. The largest absolute Gasteiger partial charge is 0.271 e. The zero-order valence-corrected chi connectivity index (χ0v) is 12.0. The Morgan fingerprint density at radius 1 is 1.24 bits per heavy atom. The first-order valence-electron chi connectivity index (χ1n) is 5.95. The van der Waals surface area contributed by atoms with Gasteiger partial charge in [-0.25, -0.2) is 4.98 Å². The summed E-state index contributed by atoms with van der Waals surface area (Å²) >= 11 is 11.8. The number of halogens is 2. The summed E-state index contributed by atoms with van der Waals surface area (Å²) in [6, 6.07) is 7.99. The monoisotopic (exact) mass is 322 g/mol. The number of rotatable bonds is 3. The Kier molecular flexibility index (Phi) is 3.48. The zero-order chi connectivity index (χ0) is 15.0. The van der Waals surface area contributed by atoms with Crippen LogP contribution in [0, 0.1) is 10.1 Å². The summed E-state index contributed by atoms with van der Waals surface area (Å²) in [7, 11) is 0. The van der Waals surface area contributed by atoms with Gasteiger partial charge < -0.3 is 0 Å². The lowest BCUT2D eigenvalue weighted by Crippen LogP contribution is -2.03. The molecule has 0 aliphatic rings. The molecule has 3 rings (SSSR count). The van der Waals surface area contributed by atoms with E-state index in [1.807, 2.05) is 0 Å². The first-order chi connectivity index (χ1) is 10.0. The molecule has 0 fully saturated rings. The molecule has 106 valence electrons. The molecule has 0 aliphatic carbocycles. The van der Waals surface area contributed by atoms with Crippen molar-refractivity contribution in [2.45, 2.75) is 6.54 Å². The summed E-state index contributed by atoms with van der Waals surface area (Å²) in [5.74, 6) is 0. The molecule has 0 saturated carbocycles. The number of hydrogen-bond donors (Lipinski definition) is 0. The van der Waals surface area contributed by atoms with Crippen LogP contribution < -0.4 is 0 Å². The molecule has 0 N–H and O–H groups in total. The summed E-state index contributed by atoms with van der Waals surface area (Å²) in [5, 5.41) is 16.5. The molecule has 2 heterocycles. The highest BCUT2D eigenvalue weighted by Gasteiger charge is 2.12. The van der Waals surface area contributed by atoms with Gasteiger partial charge in [0.1, 0.15) is 10.3 Å². The lowest BCUT2D eigenvalue weighted by Gasteiger charge is -2.06. The number of non-ortho nitro benzene ring substituents is 1. The fraction of sp³-hybridized carbons (Fsp3) is 0.0769. The summed E-state index contributed by atoms with van der Waals surface area (Å²) < 4.78 is 1.64. The van der Waals surface area contributed by atoms with E-state index >= 15 is 0 Å². The fourth-order valence-electron chi connectivity index (χ4n) is 2.02. The standard InChI is InChI=1S/C13H8Cl2N4O2/c14-12-4-2-9(13(15)17-12)7-18-11-5-10(19(20)21)3-1-8(11)6-16-18/h1-6H,7H2. The summed E-state index contributed by atoms with van der Waals surface area (Å²) in [6.45, 7) is 0.355. The van der Waals surface area contributed by atoms with Crippen LogP contribution in [0.3, 0.4) is 0 Å². The molecular formula is C13H8Cl2N4O2. The third-order valence-corrected chi connectivity index (χ3v) is 3.59. The van der Waals surface area contributed by atoms with Gasteiger partial charge >= 0.3 is 0 Å². The zero-order valence-electron chi connectivity index (χ0n) is 10.5. The van der Waals surface area contributed by atoms with Gasteiger partial charge in [-0.15, -0.1) is 0 Å². The van der Waals surface area contributed by atoms with E-state index < -0.39 is 4.92 Å². The first-order valence-corrected chi connectivity index (χ1v) is 6.71. The molecule has 0 bridgehead atoms. The molecule has 1 aromatic carbocycles. The van der Waals surface area contributed by atoms with Crippen molar-refractivity contribution in [1.82, 2.24) is 14.8 Å². The Morgan fingerprint density at radius 3 is 2.76 bits per heavy atom. The second kappa shape index (κ2) is 5.31. The van der Waals surface area contributed by atoms with Crippen LogP contribution in [0.1, 0.15) is 5.56 Å². The summed E-state index contributed by atoms with van der Waals surface area (Å²) in [6.07, 6.45) is 1.65. The van der Waals surface area contributed by atoms with Gasteiger partial charge in [0.25, 0.3) is 5.69 Å². The van der Waals surface area contributed by atoms with Crippen LogP contribution in [0.15, 0.2) is 36.5 Å². The van der Waals surface area contributed by atoms with E-state index in [-0.39, 0.29) is 10.8 Å². The van der Waals surface area contributed by atoms with Crippen LogP contribution in [0.25, 0.3) is 10.9 Å². The number of fused-ring (bicyclic) bond motifs is 1. The van der Waals surface area contributed by atoms with Crippen LogP contribution in [0.2, 0.25) is 10.3 Å². The van der Waals surface area contributed by atoms with Crippen molar-refractivity contribution in [3.63, 3.8) is 0 Å². The molecule has 2 aromatic heterocycles. The molecule has 0 atom stereocenters. The van der Waals surface area contributed by atoms with E-state index in [0.717, 1.165) is 10.9 Å². The molecule has 0 spiro atoms. The highest BCUT2D eigenvalue weighted by molar-refractivity contribution is 6.32. The average Bonchev–Trinajstić information content (AvgIpc) is 2.84. The van der Waals surface area contributed by atoms with Crippen molar-refractivity contribution in [2.24, 2.45) is 0 Å². The minimum absolute atomic E-state index is 0.0181. The number of nitrogens with zero attached hydrogens (tertiary/aromatic N) is 4. The molecule has 8 heteroatoms. The molecule has 21 heavy (non-hydrogen) atoms. The van der Waals surface area contributed by atoms with Crippen molar-refractivity contribution in [1.29, 1.82) is 0 Å². The average molecular weight is 323 g/mol. The number of pyridine rings is 1. The molecule has 0 aliphatic heterocycles. The Balaban J connectivity index is 2.04. The Hall–Kier alpha value is -2.18. The third kappa shape index (κ3) is 2.68. The van der Waals surface area contributed by atoms with E-state index in [9.17, 15) is 10.1 Å². The maximum atomic E-state index is 10.9. The van der Waals surface area contributed by atoms with E-state index in [1.54, 1.807) is 29.1 Å². The van der Waals surface area contributed by atoms with Gasteiger partial charge in [0.15, 0.2) is 0 Å². The van der Waals surface area contributed by atoms with Gasteiger partial charge in [0, 0.05) is 23.1 Å². The number of benzene rings is 1. The van der Waals surface area contributed by atoms with Gasteiger partial charge in [-0.3, -0.25) is 14.8 Å². The van der Waals surface area contributed by atoms with Gasteiger partial charge in [-0.1, -0.05) is 29.3 Å². The topological polar surface area (TPSA) is 73.8 Å². The minimum Gasteiger partial charge on any atom is -0.260 e. The van der Waals surface area contributed by atoms with Crippen molar-refractivity contribution in [3.8, 4) is 0 Å². The molecule has 6 nitrogen and oxygen atoms in total. The lowest BCUT2D eigenvalue weighted by atomic mass is 10.2. The Morgan fingerprint density at radius 2 is 2.05 bits per heavy atom. The SMILES string of the molecule is O=[N+]([O-])c1ccc2cnn(Cc3ccc(Cl)nc3Cl)c2c1. The van der Waals surface area contributed by atoms with E-state index in [0.29, 0.717) is 17.2 Å². The van der Waals surface area contributed by atoms with Gasteiger partial charge in [0.05, 0.1) is 23.2 Å². The van der Waals surface area contributed by atoms with E-state index in [1.165, 1.54) is 12.1 Å². The number of aromatic nitrogens is 3. The van der Waals surface area contributed by atoms with Crippen molar-refractivity contribution < 1.29 is 4.92 Å². The van der Waals surface area contributed by atoms with Gasteiger partial charge in [-0.05, 0) is 12.1 Å². The Bertz CT molecular complexity index is 847. The highest BCUT2D eigenvalue weighted by atomic mass is 35.5. The fourth-order valence-corrected chi connectivity index (χ4v) is 2.42. The van der Waals surface area contributed by atoms with Gasteiger partial charge in [-0.2, -0.15) is 5.10 Å². The van der Waals surface area contributed by atoms with Crippen molar-refractivity contribution in [2.75, 3.05) is 0 Å². The number of hydrogen-bond acceptors (Lipinski definition) is 4. The van der Waals surface area contributed by atoms with Crippen LogP contribution in [-0.4, -0.2) is 19.7 Å². The molecular weight excluding hydrogens is 315 g/mol. The highest BCUT2D eigenvalue weighted by Crippen LogP contribution is 2.23. The molecule has 0 radical (unpaired) electrons. The van der Waals surface area contributed by atoms with Crippen LogP contribution >= 0.6 is 23.2 Å². The van der Waals surface area contributed by atoms with E-state index in [2.05, 4.69) is 10.1 Å². The maximum absolute atomic E-state index is 10.9. The molecule has 0 unspecified atom stereocenters. The second-order valence-electron chi connectivity index (χ2n) is 4.39. The quantitative estimate of drug-likeness (QED) is 0.418. The Labute approximate surface area is 129 Å². The van der Waals surface area contributed by atoms with Crippen molar-refractivity contribution >= 4 is 39.8 Å². The number of nitro benzene ring substituents is 1. The molecule has 0 saturated heterocycles. The van der Waals surface area contributed by atoms with E-state index in [4.69, 9.17) is 23.2 Å².